The van der Waals surface area contributed by atoms with E-state index >= 15 is 0 Å². The minimum absolute atomic E-state index is 0.0574. The number of carbonyl (C=O) groups is 2. The Morgan fingerprint density at radius 1 is 0.929 bits per heavy atom. The summed E-state index contributed by atoms with van der Waals surface area (Å²) in [7, 11) is -4.13. The van der Waals surface area contributed by atoms with Crippen LogP contribution in [0, 0.1) is 0 Å². The second-order valence-electron chi connectivity index (χ2n) is 7.19. The van der Waals surface area contributed by atoms with Crippen molar-refractivity contribution in [2.75, 3.05) is 5.32 Å². The maximum atomic E-state index is 12.6. The van der Waals surface area contributed by atoms with Crippen LogP contribution in [0.5, 0.6) is 0 Å². The van der Waals surface area contributed by atoms with E-state index in [-0.39, 0.29) is 10.5 Å². The third-order valence-corrected chi connectivity index (χ3v) is 6.70. The lowest BCUT2D eigenvalue weighted by atomic mass is 9.99. The molecule has 0 aliphatic heterocycles. The van der Waals surface area contributed by atoms with E-state index in [9.17, 15) is 18.0 Å². The van der Waals surface area contributed by atoms with Gasteiger partial charge in [-0.2, -0.15) is 0 Å². The topological polar surface area (TPSA) is 118 Å². The molecule has 2 aromatic carbocycles. The summed E-state index contributed by atoms with van der Waals surface area (Å²) >= 11 is 0. The molecule has 0 bridgehead atoms. The number of nitrogens with one attached hydrogen (secondary N) is 2. The van der Waals surface area contributed by atoms with Crippen molar-refractivity contribution in [1.29, 1.82) is 0 Å². The smallest absolute Gasteiger partial charge is 0.333 e. The van der Waals surface area contributed by atoms with E-state index in [4.69, 9.17) is 5.73 Å². The highest BCUT2D eigenvalue weighted by atomic mass is 32.2. The number of amides is 3. The van der Waals surface area contributed by atoms with Crippen LogP contribution in [0.2, 0.25) is 0 Å². The molecule has 8 heteroatoms. The lowest BCUT2D eigenvalue weighted by molar-refractivity contribution is 0.1000. The van der Waals surface area contributed by atoms with E-state index < -0.39 is 22.0 Å². The van der Waals surface area contributed by atoms with Crippen molar-refractivity contribution in [3.05, 3.63) is 58.1 Å². The lowest BCUT2D eigenvalue weighted by Gasteiger charge is -2.16. The summed E-state index contributed by atoms with van der Waals surface area (Å²) in [6.07, 6.45) is 5.80. The van der Waals surface area contributed by atoms with Crippen molar-refractivity contribution in [2.45, 2.75) is 43.4 Å². The molecule has 0 aromatic heterocycles. The molecule has 0 fully saturated rings. The van der Waals surface area contributed by atoms with E-state index in [0.29, 0.717) is 0 Å². The van der Waals surface area contributed by atoms with Gasteiger partial charge in [0.15, 0.2) is 0 Å². The Balaban J connectivity index is 1.59. The summed E-state index contributed by atoms with van der Waals surface area (Å²) in [4.78, 5) is 23.6. The van der Waals surface area contributed by atoms with Gasteiger partial charge in [0.25, 0.3) is 10.0 Å². The quantitative estimate of drug-likeness (QED) is 0.731. The van der Waals surface area contributed by atoms with Crippen LogP contribution >= 0.6 is 0 Å². The molecule has 2 aliphatic rings. The van der Waals surface area contributed by atoms with Crippen LogP contribution in [0.3, 0.4) is 0 Å². The second kappa shape index (κ2) is 6.94. The zero-order valence-corrected chi connectivity index (χ0v) is 16.1. The first-order valence-electron chi connectivity index (χ1n) is 9.25. The van der Waals surface area contributed by atoms with Crippen LogP contribution in [0.15, 0.2) is 35.2 Å². The Morgan fingerprint density at radius 3 is 2.18 bits per heavy atom. The average molecular weight is 399 g/mol. The lowest BCUT2D eigenvalue weighted by Crippen LogP contribution is -2.35. The van der Waals surface area contributed by atoms with Gasteiger partial charge in [-0.3, -0.25) is 4.79 Å². The molecule has 0 saturated heterocycles. The highest BCUT2D eigenvalue weighted by Crippen LogP contribution is 2.38. The maximum absolute atomic E-state index is 12.6. The third-order valence-electron chi connectivity index (χ3n) is 5.37. The summed E-state index contributed by atoms with van der Waals surface area (Å²) in [5.74, 6) is -0.739. The zero-order valence-electron chi connectivity index (χ0n) is 15.2. The van der Waals surface area contributed by atoms with Gasteiger partial charge in [-0.15, -0.1) is 0 Å². The van der Waals surface area contributed by atoms with Crippen molar-refractivity contribution >= 4 is 27.6 Å². The van der Waals surface area contributed by atoms with E-state index in [1.54, 1.807) is 0 Å². The molecule has 0 unspecified atom stereocenters. The molecular weight excluding hydrogens is 378 g/mol. The Hall–Kier alpha value is -2.87. The van der Waals surface area contributed by atoms with Gasteiger partial charge in [0.1, 0.15) is 0 Å². The molecule has 146 valence electrons. The first-order chi connectivity index (χ1) is 13.3. The highest BCUT2D eigenvalue weighted by Gasteiger charge is 2.26. The Morgan fingerprint density at radius 2 is 1.57 bits per heavy atom. The number of carbonyl (C=O) groups excluding carboxylic acids is 2. The molecule has 7 nitrogen and oxygen atoms in total. The largest absolute Gasteiger partial charge is 0.366 e. The number of fused-ring (bicyclic) bond motifs is 2. The molecule has 0 atom stereocenters. The van der Waals surface area contributed by atoms with Crippen molar-refractivity contribution in [1.82, 2.24) is 4.72 Å². The van der Waals surface area contributed by atoms with Crippen LogP contribution < -0.4 is 15.8 Å². The fraction of sp³-hybridized carbons (Fsp3) is 0.300. The van der Waals surface area contributed by atoms with Gasteiger partial charge < -0.3 is 11.1 Å². The molecule has 3 amide bonds. The van der Waals surface area contributed by atoms with Gasteiger partial charge in [-0.05, 0) is 79.0 Å². The number of anilines is 1. The number of urea groups is 1. The van der Waals surface area contributed by atoms with E-state index in [2.05, 4.69) is 11.4 Å². The predicted octanol–water partition coefficient (Wildman–Crippen LogP) is 2.27. The number of nitrogens with two attached hydrogens (primary N) is 1. The van der Waals surface area contributed by atoms with Crippen molar-refractivity contribution in [3.63, 3.8) is 0 Å². The molecule has 0 radical (unpaired) electrons. The zero-order chi connectivity index (χ0) is 19.9. The summed E-state index contributed by atoms with van der Waals surface area (Å²) in [5.41, 5.74) is 10.7. The van der Waals surface area contributed by atoms with Crippen molar-refractivity contribution < 1.29 is 18.0 Å². The number of hydrogen-bond acceptors (Lipinski definition) is 4. The number of sulfonamides is 1. The normalized spacial score (nSPS) is 15.0. The van der Waals surface area contributed by atoms with Gasteiger partial charge >= 0.3 is 6.03 Å². The molecular formula is C20H21N3O4S. The number of hydrogen-bond donors (Lipinski definition) is 3. The highest BCUT2D eigenvalue weighted by molar-refractivity contribution is 7.90. The molecule has 0 heterocycles. The van der Waals surface area contributed by atoms with E-state index in [1.165, 1.54) is 29.3 Å². The average Bonchev–Trinajstić information content (AvgIpc) is 3.30. The van der Waals surface area contributed by atoms with Crippen LogP contribution in [-0.4, -0.2) is 20.4 Å². The van der Waals surface area contributed by atoms with Crippen molar-refractivity contribution in [2.24, 2.45) is 5.73 Å². The Labute approximate surface area is 163 Å². The molecule has 0 spiro atoms. The minimum atomic E-state index is -4.13. The SMILES string of the molecule is NC(=O)c1cccc(S(=O)(=O)NC(=O)Nc2c3c(cc4c2CCC4)CCC3)c1. The molecule has 4 rings (SSSR count). The summed E-state index contributed by atoms with van der Waals surface area (Å²) in [6.45, 7) is 0. The maximum Gasteiger partial charge on any atom is 0.333 e. The van der Waals surface area contributed by atoms with Crippen LogP contribution in [-0.2, 0) is 35.7 Å². The number of aryl methyl sites for hydroxylation is 2. The van der Waals surface area contributed by atoms with Gasteiger partial charge in [-0.25, -0.2) is 17.9 Å². The molecule has 2 aliphatic carbocycles. The minimum Gasteiger partial charge on any atom is -0.366 e. The first kappa shape index (κ1) is 18.5. The van der Waals surface area contributed by atoms with Gasteiger partial charge in [-0.1, -0.05) is 12.1 Å². The van der Waals surface area contributed by atoms with E-state index in [1.807, 2.05) is 4.72 Å². The Kier molecular flexibility index (Phi) is 4.58. The van der Waals surface area contributed by atoms with Crippen molar-refractivity contribution in [3.8, 4) is 0 Å². The summed E-state index contributed by atoms with van der Waals surface area (Å²) in [6, 6.07) is 6.70. The van der Waals surface area contributed by atoms with Crippen LogP contribution in [0.1, 0.15) is 45.5 Å². The summed E-state index contributed by atoms with van der Waals surface area (Å²) < 4.78 is 27.1. The fourth-order valence-electron chi connectivity index (χ4n) is 4.10. The monoisotopic (exact) mass is 399 g/mol. The molecule has 28 heavy (non-hydrogen) atoms. The number of rotatable bonds is 4. The van der Waals surface area contributed by atoms with Crippen LogP contribution in [0.25, 0.3) is 0 Å². The molecule has 0 saturated carbocycles. The van der Waals surface area contributed by atoms with Crippen LogP contribution in [0.4, 0.5) is 10.5 Å². The van der Waals surface area contributed by atoms with Gasteiger partial charge in [0.05, 0.1) is 4.90 Å². The molecule has 2 aromatic rings. The summed E-state index contributed by atoms with van der Waals surface area (Å²) in [5, 5.41) is 2.79. The van der Waals surface area contributed by atoms with Gasteiger partial charge in [0.2, 0.25) is 5.91 Å². The standard InChI is InChI=1S/C20H21N3O4S/c21-19(24)14-6-1-7-15(11-14)28(26,27)23-20(25)22-18-16-8-2-4-12(16)10-13-5-3-9-17(13)18/h1,6-7,10-11H,2-5,8-9H2,(H2,21,24)(H2,22,23,25). The third kappa shape index (κ3) is 3.35. The first-order valence-corrected chi connectivity index (χ1v) is 10.7. The fourth-order valence-corrected chi connectivity index (χ4v) is 5.06. The number of primary amides is 1. The Bertz CT molecular complexity index is 1060. The predicted molar refractivity (Wildman–Crippen MR) is 105 cm³/mol. The van der Waals surface area contributed by atoms with E-state index in [0.717, 1.165) is 61.4 Å². The van der Waals surface area contributed by atoms with Gasteiger partial charge in [0, 0.05) is 11.3 Å². The second-order valence-corrected chi connectivity index (χ2v) is 8.87. The molecule has 4 N–H and O–H groups in total. The number of benzene rings is 2.